The van der Waals surface area contributed by atoms with Gasteiger partial charge < -0.3 is 11.1 Å². The van der Waals surface area contributed by atoms with Gasteiger partial charge in [0.2, 0.25) is 5.95 Å². The first-order valence-electron chi connectivity index (χ1n) is 10.6. The van der Waals surface area contributed by atoms with Gasteiger partial charge in [0, 0.05) is 51.9 Å². The second-order valence-electron chi connectivity index (χ2n) is 7.67. The van der Waals surface area contributed by atoms with Crippen molar-refractivity contribution < 1.29 is 0 Å². The number of pyridine rings is 1. The maximum absolute atomic E-state index is 6.34. The number of benzene rings is 2. The quantitative estimate of drug-likeness (QED) is 0.356. The van der Waals surface area contributed by atoms with Gasteiger partial charge in [-0.25, -0.2) is 9.97 Å². The maximum atomic E-state index is 6.34. The second-order valence-corrected chi connectivity index (χ2v) is 8.75. The van der Waals surface area contributed by atoms with Crippen molar-refractivity contribution in [1.29, 1.82) is 0 Å². The van der Waals surface area contributed by atoms with Crippen molar-refractivity contribution in [2.75, 3.05) is 11.9 Å². The van der Waals surface area contributed by atoms with Crippen LogP contribution in [-0.4, -0.2) is 27.5 Å². The minimum Gasteiger partial charge on any atom is -0.353 e. The van der Waals surface area contributed by atoms with Crippen molar-refractivity contribution in [2.45, 2.75) is 12.5 Å². The Morgan fingerprint density at radius 1 is 0.938 bits per heavy atom. The summed E-state index contributed by atoms with van der Waals surface area (Å²) in [6.07, 6.45) is 6.27. The third-order valence-electron chi connectivity index (χ3n) is 5.30. The van der Waals surface area contributed by atoms with Crippen LogP contribution in [0.1, 0.15) is 5.56 Å². The molecule has 1 atom stereocenters. The monoisotopic (exact) mass is 437 g/mol. The van der Waals surface area contributed by atoms with E-state index >= 15 is 0 Å². The number of hydrogen-bond donors (Lipinski definition) is 2. The van der Waals surface area contributed by atoms with E-state index in [1.807, 2.05) is 36.5 Å². The molecule has 0 aliphatic carbocycles. The van der Waals surface area contributed by atoms with Crippen LogP contribution in [0.25, 0.3) is 31.8 Å². The number of aromatic nitrogens is 3. The van der Waals surface area contributed by atoms with Gasteiger partial charge in [-0.2, -0.15) is 0 Å². The maximum Gasteiger partial charge on any atom is 0.223 e. The Labute approximate surface area is 191 Å². The second kappa shape index (κ2) is 9.26. The average molecular weight is 438 g/mol. The Hall–Kier alpha value is -3.61. The SMILES string of the molecule is NC(CNc1ncc(-c2cc3ccccc3s2)c(-c2ccncc2)n1)Cc1ccccc1. The zero-order valence-electron chi connectivity index (χ0n) is 17.5. The highest BCUT2D eigenvalue weighted by Gasteiger charge is 2.15. The van der Waals surface area contributed by atoms with Crippen LogP contribution in [0.2, 0.25) is 0 Å². The van der Waals surface area contributed by atoms with Gasteiger partial charge in [0.05, 0.1) is 5.69 Å². The van der Waals surface area contributed by atoms with E-state index in [2.05, 4.69) is 57.7 Å². The Bertz CT molecular complexity index is 1290. The lowest BCUT2D eigenvalue weighted by Gasteiger charge is -2.14. The average Bonchev–Trinajstić information content (AvgIpc) is 3.28. The van der Waals surface area contributed by atoms with E-state index in [4.69, 9.17) is 10.7 Å². The number of nitrogens with zero attached hydrogens (tertiary/aromatic N) is 3. The van der Waals surface area contributed by atoms with Gasteiger partial charge in [0.25, 0.3) is 0 Å². The molecule has 3 heterocycles. The molecule has 0 amide bonds. The fourth-order valence-corrected chi connectivity index (χ4v) is 4.78. The van der Waals surface area contributed by atoms with Gasteiger partial charge in [-0.1, -0.05) is 48.5 Å². The first-order valence-corrected chi connectivity index (χ1v) is 11.4. The summed E-state index contributed by atoms with van der Waals surface area (Å²) in [5.41, 5.74) is 10.5. The lowest BCUT2D eigenvalue weighted by atomic mass is 10.1. The summed E-state index contributed by atoms with van der Waals surface area (Å²) in [6.45, 7) is 0.590. The van der Waals surface area contributed by atoms with E-state index in [9.17, 15) is 0 Å². The molecule has 5 aromatic rings. The summed E-state index contributed by atoms with van der Waals surface area (Å²) in [5, 5.41) is 4.54. The van der Waals surface area contributed by atoms with Crippen molar-refractivity contribution >= 4 is 27.4 Å². The van der Waals surface area contributed by atoms with Gasteiger partial charge in [-0.15, -0.1) is 11.3 Å². The van der Waals surface area contributed by atoms with Crippen LogP contribution >= 0.6 is 11.3 Å². The number of anilines is 1. The summed E-state index contributed by atoms with van der Waals surface area (Å²) in [6, 6.07) is 24.8. The number of rotatable bonds is 7. The predicted molar refractivity (Wildman–Crippen MR) is 133 cm³/mol. The lowest BCUT2D eigenvalue weighted by Crippen LogP contribution is -2.31. The summed E-state index contributed by atoms with van der Waals surface area (Å²) < 4.78 is 1.25. The van der Waals surface area contributed by atoms with Crippen LogP contribution < -0.4 is 11.1 Å². The van der Waals surface area contributed by atoms with Gasteiger partial charge in [0.1, 0.15) is 0 Å². The molecular weight excluding hydrogens is 414 g/mol. The summed E-state index contributed by atoms with van der Waals surface area (Å²) in [4.78, 5) is 14.8. The molecule has 5 rings (SSSR count). The van der Waals surface area contributed by atoms with E-state index in [0.29, 0.717) is 12.5 Å². The molecule has 2 aromatic carbocycles. The van der Waals surface area contributed by atoms with Crippen LogP contribution in [0, 0.1) is 0 Å². The standard InChI is InChI=1S/C26H23N5S/c27-21(14-18-6-2-1-3-7-18)16-29-26-30-17-22(25(31-26)19-10-12-28-13-11-19)24-15-20-8-4-5-9-23(20)32-24/h1-13,15,17,21H,14,16,27H2,(H,29,30,31). The number of fused-ring (bicyclic) bond motifs is 1. The minimum absolute atomic E-state index is 0.0346. The van der Waals surface area contributed by atoms with E-state index in [1.54, 1.807) is 23.7 Å². The molecule has 0 aliphatic rings. The molecular formula is C26H23N5S. The predicted octanol–water partition coefficient (Wildman–Crippen LogP) is 5.40. The number of nitrogens with one attached hydrogen (secondary N) is 1. The van der Waals surface area contributed by atoms with Crippen LogP contribution in [0.3, 0.4) is 0 Å². The summed E-state index contributed by atoms with van der Waals surface area (Å²) in [7, 11) is 0. The highest BCUT2D eigenvalue weighted by molar-refractivity contribution is 7.22. The molecule has 0 aliphatic heterocycles. The Morgan fingerprint density at radius 2 is 1.72 bits per heavy atom. The fourth-order valence-electron chi connectivity index (χ4n) is 3.70. The number of hydrogen-bond acceptors (Lipinski definition) is 6. The molecule has 3 aromatic heterocycles. The van der Waals surface area contributed by atoms with Crippen molar-refractivity contribution in [1.82, 2.24) is 15.0 Å². The molecule has 1 unspecified atom stereocenters. The van der Waals surface area contributed by atoms with Gasteiger partial charge >= 0.3 is 0 Å². The lowest BCUT2D eigenvalue weighted by molar-refractivity contribution is 0.696. The Balaban J connectivity index is 1.42. The van der Waals surface area contributed by atoms with Gasteiger partial charge in [-0.05, 0) is 41.6 Å². The topological polar surface area (TPSA) is 76.7 Å². The molecule has 158 valence electrons. The molecule has 0 saturated heterocycles. The summed E-state index contributed by atoms with van der Waals surface area (Å²) in [5.74, 6) is 0.574. The van der Waals surface area contributed by atoms with Crippen LogP contribution in [0.15, 0.2) is 91.4 Å². The third-order valence-corrected chi connectivity index (χ3v) is 6.45. The Kier molecular flexibility index (Phi) is 5.87. The smallest absolute Gasteiger partial charge is 0.223 e. The first kappa shape index (κ1) is 20.3. The van der Waals surface area contributed by atoms with Crippen LogP contribution in [0.4, 0.5) is 5.95 Å². The van der Waals surface area contributed by atoms with Crippen molar-refractivity contribution in [3.63, 3.8) is 0 Å². The van der Waals surface area contributed by atoms with Crippen molar-refractivity contribution in [2.24, 2.45) is 5.73 Å². The van der Waals surface area contributed by atoms with E-state index in [0.717, 1.165) is 28.1 Å². The van der Waals surface area contributed by atoms with E-state index in [-0.39, 0.29) is 6.04 Å². The molecule has 0 bridgehead atoms. The molecule has 32 heavy (non-hydrogen) atoms. The summed E-state index contributed by atoms with van der Waals surface area (Å²) >= 11 is 1.75. The molecule has 3 N–H and O–H groups in total. The molecule has 0 saturated carbocycles. The minimum atomic E-state index is -0.0346. The zero-order valence-corrected chi connectivity index (χ0v) is 18.3. The van der Waals surface area contributed by atoms with Crippen molar-refractivity contribution in [3.8, 4) is 21.7 Å². The molecule has 0 radical (unpaired) electrons. The molecule has 0 spiro atoms. The van der Waals surface area contributed by atoms with E-state index < -0.39 is 0 Å². The van der Waals surface area contributed by atoms with Crippen LogP contribution in [-0.2, 0) is 6.42 Å². The fraction of sp³-hybridized carbons (Fsp3) is 0.115. The van der Waals surface area contributed by atoms with Crippen molar-refractivity contribution in [3.05, 3.63) is 97.0 Å². The first-order chi connectivity index (χ1) is 15.8. The zero-order chi connectivity index (χ0) is 21.8. The molecule has 5 nitrogen and oxygen atoms in total. The number of nitrogens with two attached hydrogens (primary N) is 1. The van der Waals surface area contributed by atoms with Gasteiger partial charge in [-0.3, -0.25) is 4.98 Å². The Morgan fingerprint density at radius 3 is 2.53 bits per heavy atom. The highest BCUT2D eigenvalue weighted by atomic mass is 32.1. The van der Waals surface area contributed by atoms with E-state index in [1.165, 1.54) is 15.6 Å². The highest BCUT2D eigenvalue weighted by Crippen LogP contribution is 2.38. The van der Waals surface area contributed by atoms with Gasteiger partial charge in [0.15, 0.2) is 0 Å². The normalized spacial score (nSPS) is 12.0. The largest absolute Gasteiger partial charge is 0.353 e. The number of thiophene rings is 1. The molecule has 6 heteroatoms. The molecule has 0 fully saturated rings. The third kappa shape index (κ3) is 4.51. The van der Waals surface area contributed by atoms with Crippen LogP contribution in [0.5, 0.6) is 0 Å².